The summed E-state index contributed by atoms with van der Waals surface area (Å²) in [6.07, 6.45) is 3.93. The number of amides is 1. The molecular formula is C17H17N3O3. The Morgan fingerprint density at radius 1 is 1.43 bits per heavy atom. The average Bonchev–Trinajstić information content (AvgIpc) is 3.13. The lowest BCUT2D eigenvalue weighted by Gasteiger charge is -2.13. The van der Waals surface area contributed by atoms with Crippen LogP contribution in [-0.2, 0) is 0 Å². The SMILES string of the molecule is Cc1noc2nc(-c3ccco3)cc(C(=O)NC(C)C3CC3)c12. The van der Waals surface area contributed by atoms with Gasteiger partial charge in [-0.2, -0.15) is 0 Å². The van der Waals surface area contributed by atoms with Crippen LogP contribution in [0.4, 0.5) is 0 Å². The zero-order chi connectivity index (χ0) is 16.0. The maximum atomic E-state index is 12.7. The van der Waals surface area contributed by atoms with E-state index in [1.165, 1.54) is 12.8 Å². The molecule has 6 heteroatoms. The first-order valence-electron chi connectivity index (χ1n) is 7.75. The number of pyridine rings is 1. The Morgan fingerprint density at radius 3 is 2.96 bits per heavy atom. The first-order valence-corrected chi connectivity index (χ1v) is 7.75. The van der Waals surface area contributed by atoms with Crippen LogP contribution in [0.2, 0.25) is 0 Å². The van der Waals surface area contributed by atoms with E-state index in [0.717, 1.165) is 0 Å². The molecule has 0 bridgehead atoms. The quantitative estimate of drug-likeness (QED) is 0.799. The molecular weight excluding hydrogens is 294 g/mol. The number of rotatable bonds is 4. The molecule has 6 nitrogen and oxygen atoms in total. The monoisotopic (exact) mass is 311 g/mol. The second-order valence-electron chi connectivity index (χ2n) is 6.08. The van der Waals surface area contributed by atoms with Crippen molar-refractivity contribution in [2.24, 2.45) is 5.92 Å². The van der Waals surface area contributed by atoms with Crippen LogP contribution in [0, 0.1) is 12.8 Å². The number of nitrogens with one attached hydrogen (secondary N) is 1. The Morgan fingerprint density at radius 2 is 2.26 bits per heavy atom. The minimum atomic E-state index is -0.129. The Hall–Kier alpha value is -2.63. The molecule has 1 unspecified atom stereocenters. The maximum Gasteiger partial charge on any atom is 0.259 e. The van der Waals surface area contributed by atoms with Crippen LogP contribution < -0.4 is 5.32 Å². The van der Waals surface area contributed by atoms with Crippen LogP contribution in [0.15, 0.2) is 33.4 Å². The minimum Gasteiger partial charge on any atom is -0.463 e. The molecule has 1 aliphatic rings. The van der Waals surface area contributed by atoms with Crippen molar-refractivity contribution in [1.82, 2.24) is 15.5 Å². The molecule has 0 aromatic carbocycles. The predicted molar refractivity (Wildman–Crippen MR) is 83.9 cm³/mol. The molecule has 0 spiro atoms. The summed E-state index contributed by atoms with van der Waals surface area (Å²) in [5.41, 5.74) is 2.08. The molecule has 1 atom stereocenters. The predicted octanol–water partition coefficient (Wildman–Crippen LogP) is 3.32. The Balaban J connectivity index is 1.79. The number of hydrogen-bond donors (Lipinski definition) is 1. The van der Waals surface area contributed by atoms with Gasteiger partial charge in [0, 0.05) is 6.04 Å². The summed E-state index contributed by atoms with van der Waals surface area (Å²) in [7, 11) is 0. The van der Waals surface area contributed by atoms with Crippen molar-refractivity contribution >= 4 is 17.0 Å². The fourth-order valence-electron chi connectivity index (χ4n) is 2.82. The minimum absolute atomic E-state index is 0.129. The zero-order valence-corrected chi connectivity index (χ0v) is 13.0. The van der Waals surface area contributed by atoms with Crippen molar-refractivity contribution < 1.29 is 13.7 Å². The van der Waals surface area contributed by atoms with E-state index in [2.05, 4.69) is 15.5 Å². The Labute approximate surface area is 132 Å². The van der Waals surface area contributed by atoms with E-state index >= 15 is 0 Å². The average molecular weight is 311 g/mol. The molecule has 1 aliphatic carbocycles. The smallest absolute Gasteiger partial charge is 0.259 e. The van der Waals surface area contributed by atoms with Crippen LogP contribution in [-0.4, -0.2) is 22.1 Å². The fourth-order valence-corrected chi connectivity index (χ4v) is 2.82. The summed E-state index contributed by atoms with van der Waals surface area (Å²) in [6.45, 7) is 3.85. The van der Waals surface area contributed by atoms with Gasteiger partial charge >= 0.3 is 0 Å². The number of carbonyl (C=O) groups is 1. The molecule has 118 valence electrons. The molecule has 3 aromatic rings. The third kappa shape index (κ3) is 2.50. The molecule has 0 radical (unpaired) electrons. The van der Waals surface area contributed by atoms with Crippen LogP contribution >= 0.6 is 0 Å². The summed E-state index contributed by atoms with van der Waals surface area (Å²) < 4.78 is 10.6. The maximum absolute atomic E-state index is 12.7. The molecule has 1 amide bonds. The van der Waals surface area contributed by atoms with Gasteiger partial charge in [0.15, 0.2) is 5.76 Å². The molecule has 3 aromatic heterocycles. The van der Waals surface area contributed by atoms with E-state index in [4.69, 9.17) is 8.94 Å². The standard InChI is InChI=1S/C17H17N3O3/c1-9(11-5-6-11)18-16(21)12-8-13(14-4-3-7-22-14)19-17-15(12)10(2)20-23-17/h3-4,7-9,11H,5-6H2,1-2H3,(H,18,21). The largest absolute Gasteiger partial charge is 0.463 e. The van der Waals surface area contributed by atoms with Gasteiger partial charge in [-0.25, -0.2) is 4.98 Å². The van der Waals surface area contributed by atoms with E-state index in [1.54, 1.807) is 31.4 Å². The van der Waals surface area contributed by atoms with Gasteiger partial charge < -0.3 is 14.3 Å². The molecule has 23 heavy (non-hydrogen) atoms. The molecule has 0 aliphatic heterocycles. The highest BCUT2D eigenvalue weighted by atomic mass is 16.5. The van der Waals surface area contributed by atoms with Crippen molar-refractivity contribution in [1.29, 1.82) is 0 Å². The topological polar surface area (TPSA) is 81.2 Å². The number of aromatic nitrogens is 2. The van der Waals surface area contributed by atoms with Gasteiger partial charge in [0.05, 0.1) is 22.9 Å². The van der Waals surface area contributed by atoms with Crippen molar-refractivity contribution in [3.63, 3.8) is 0 Å². The molecule has 4 rings (SSSR count). The normalized spacial score (nSPS) is 15.7. The van der Waals surface area contributed by atoms with Crippen molar-refractivity contribution in [2.75, 3.05) is 0 Å². The van der Waals surface area contributed by atoms with E-state index in [0.29, 0.717) is 39.7 Å². The highest BCUT2D eigenvalue weighted by Gasteiger charge is 2.30. The first kappa shape index (κ1) is 14.0. The lowest BCUT2D eigenvalue weighted by Crippen LogP contribution is -2.34. The summed E-state index contributed by atoms with van der Waals surface area (Å²) in [5.74, 6) is 1.05. The van der Waals surface area contributed by atoms with Gasteiger partial charge in [-0.15, -0.1) is 0 Å². The van der Waals surface area contributed by atoms with E-state index in [9.17, 15) is 4.79 Å². The number of hydrogen-bond acceptors (Lipinski definition) is 5. The third-order valence-electron chi connectivity index (χ3n) is 4.32. The Kier molecular flexibility index (Phi) is 3.18. The highest BCUT2D eigenvalue weighted by molar-refractivity contribution is 6.07. The number of furan rings is 1. The van der Waals surface area contributed by atoms with Gasteiger partial charge in [-0.05, 0) is 50.8 Å². The van der Waals surface area contributed by atoms with Gasteiger partial charge in [0.2, 0.25) is 0 Å². The van der Waals surface area contributed by atoms with Crippen LogP contribution in [0.25, 0.3) is 22.6 Å². The molecule has 0 saturated heterocycles. The van der Waals surface area contributed by atoms with Gasteiger partial charge in [0.25, 0.3) is 11.6 Å². The van der Waals surface area contributed by atoms with Crippen LogP contribution in [0.3, 0.4) is 0 Å². The zero-order valence-electron chi connectivity index (χ0n) is 13.0. The van der Waals surface area contributed by atoms with E-state index in [1.807, 2.05) is 6.92 Å². The molecule has 1 fully saturated rings. The van der Waals surface area contributed by atoms with Gasteiger partial charge in [-0.1, -0.05) is 5.16 Å². The lowest BCUT2D eigenvalue weighted by molar-refractivity contribution is 0.0937. The van der Waals surface area contributed by atoms with Crippen molar-refractivity contribution in [2.45, 2.75) is 32.7 Å². The van der Waals surface area contributed by atoms with Gasteiger partial charge in [0.1, 0.15) is 5.69 Å². The number of carbonyl (C=O) groups excluding carboxylic acids is 1. The second kappa shape index (κ2) is 5.22. The number of aryl methyl sites for hydroxylation is 1. The molecule has 1 saturated carbocycles. The van der Waals surface area contributed by atoms with Gasteiger partial charge in [-0.3, -0.25) is 4.79 Å². The molecule has 3 heterocycles. The van der Waals surface area contributed by atoms with Crippen LogP contribution in [0.5, 0.6) is 0 Å². The van der Waals surface area contributed by atoms with Crippen LogP contribution in [0.1, 0.15) is 35.8 Å². The van der Waals surface area contributed by atoms with Crippen molar-refractivity contribution in [3.05, 3.63) is 35.7 Å². The lowest BCUT2D eigenvalue weighted by atomic mass is 10.1. The Bertz CT molecular complexity index is 863. The summed E-state index contributed by atoms with van der Waals surface area (Å²) in [6, 6.07) is 5.48. The number of nitrogens with zero attached hydrogens (tertiary/aromatic N) is 2. The summed E-state index contributed by atoms with van der Waals surface area (Å²) >= 11 is 0. The molecule has 1 N–H and O–H groups in total. The first-order chi connectivity index (χ1) is 11.1. The van der Waals surface area contributed by atoms with Crippen molar-refractivity contribution in [3.8, 4) is 11.5 Å². The number of fused-ring (bicyclic) bond motifs is 1. The highest BCUT2D eigenvalue weighted by Crippen LogP contribution is 2.33. The summed E-state index contributed by atoms with van der Waals surface area (Å²) in [4.78, 5) is 17.1. The fraction of sp³-hybridized carbons (Fsp3) is 0.353. The second-order valence-corrected chi connectivity index (χ2v) is 6.08. The summed E-state index contributed by atoms with van der Waals surface area (Å²) in [5, 5.41) is 7.67. The van der Waals surface area contributed by atoms with E-state index in [-0.39, 0.29) is 11.9 Å². The third-order valence-corrected chi connectivity index (χ3v) is 4.32. The van der Waals surface area contributed by atoms with E-state index < -0.39 is 0 Å².